The number of carbonyl (C=O) groups is 1. The van der Waals surface area contributed by atoms with Crippen LogP contribution in [0.3, 0.4) is 0 Å². The Morgan fingerprint density at radius 1 is 1.44 bits per heavy atom. The molecule has 27 heavy (non-hydrogen) atoms. The molecule has 146 valence electrons. The van der Waals surface area contributed by atoms with Crippen LogP contribution in [0, 0.1) is 0 Å². The number of thioether (sulfide) groups is 1. The minimum atomic E-state index is -1.29. The third-order valence-electron chi connectivity index (χ3n) is 4.46. The number of ether oxygens (including phenoxy) is 1. The molecule has 1 heterocycles. The van der Waals surface area contributed by atoms with Crippen molar-refractivity contribution in [2.45, 2.75) is 61.4 Å². The lowest BCUT2D eigenvalue weighted by Crippen LogP contribution is -2.47. The number of benzene rings is 1. The summed E-state index contributed by atoms with van der Waals surface area (Å²) in [6.45, 7) is 3.64. The topological polar surface area (TPSA) is 77.2 Å². The number of hydrogen-bond acceptors (Lipinski definition) is 6. The maximum atomic E-state index is 11.9. The van der Waals surface area contributed by atoms with Crippen LogP contribution < -0.4 is 0 Å². The van der Waals surface area contributed by atoms with Crippen LogP contribution in [-0.2, 0) is 17.7 Å². The number of nitrogens with zero attached hydrogens (tertiary/aromatic N) is 3. The maximum absolute atomic E-state index is 11.9. The Balaban J connectivity index is 1.82. The van der Waals surface area contributed by atoms with Gasteiger partial charge in [0.15, 0.2) is 5.16 Å². The molecule has 6 nitrogen and oxygen atoms in total. The van der Waals surface area contributed by atoms with E-state index >= 15 is 0 Å². The third kappa shape index (κ3) is 4.77. The molecule has 1 N–H and O–H groups in total. The van der Waals surface area contributed by atoms with Crippen LogP contribution in [-0.4, -0.2) is 41.8 Å². The Labute approximate surface area is 172 Å². The number of aliphatic hydroxyl groups is 1. The van der Waals surface area contributed by atoms with Gasteiger partial charge in [0, 0.05) is 23.2 Å². The lowest BCUT2D eigenvalue weighted by Gasteiger charge is -2.33. The largest absolute Gasteiger partial charge is 0.455 e. The van der Waals surface area contributed by atoms with E-state index in [2.05, 4.69) is 10.1 Å². The average Bonchev–Trinajstić information content (AvgIpc) is 3.21. The number of aromatic nitrogens is 3. The molecule has 1 aromatic carbocycles. The van der Waals surface area contributed by atoms with E-state index < -0.39 is 15.8 Å². The minimum Gasteiger partial charge on any atom is -0.455 e. The van der Waals surface area contributed by atoms with Crippen molar-refractivity contribution < 1.29 is 14.6 Å². The Morgan fingerprint density at radius 2 is 2.15 bits per heavy atom. The SMILES string of the molecule is CC(C)OC(=O)Sc1ncnn1CC(O)(Cc1ccccc1Cl)C1(Cl)CC1. The molecule has 0 amide bonds. The van der Waals surface area contributed by atoms with Gasteiger partial charge in [0.2, 0.25) is 0 Å². The normalized spacial score (nSPS) is 17.6. The first-order valence-electron chi connectivity index (χ1n) is 8.63. The first-order chi connectivity index (χ1) is 12.7. The molecule has 1 atom stereocenters. The molecule has 0 spiro atoms. The number of halogens is 2. The zero-order valence-electron chi connectivity index (χ0n) is 15.1. The number of carbonyl (C=O) groups excluding carboxylic acids is 1. The van der Waals surface area contributed by atoms with Gasteiger partial charge in [0.05, 0.1) is 17.5 Å². The fourth-order valence-corrected chi connectivity index (χ4v) is 4.00. The molecule has 2 aromatic rings. The third-order valence-corrected chi connectivity index (χ3v) is 6.32. The molecule has 0 aliphatic heterocycles. The maximum Gasteiger partial charge on any atom is 0.375 e. The van der Waals surface area contributed by atoms with Gasteiger partial charge in [-0.05, 0) is 38.3 Å². The van der Waals surface area contributed by atoms with E-state index in [1.54, 1.807) is 19.9 Å². The van der Waals surface area contributed by atoms with E-state index in [1.165, 1.54) is 11.0 Å². The van der Waals surface area contributed by atoms with Crippen molar-refractivity contribution in [2.75, 3.05) is 0 Å². The molecule has 0 bridgehead atoms. The second-order valence-corrected chi connectivity index (χ2v) is 9.02. The van der Waals surface area contributed by atoms with E-state index in [0.29, 0.717) is 23.0 Å². The Morgan fingerprint density at radius 3 is 2.78 bits per heavy atom. The zero-order chi connectivity index (χ0) is 19.7. The van der Waals surface area contributed by atoms with Crippen molar-refractivity contribution in [2.24, 2.45) is 0 Å². The van der Waals surface area contributed by atoms with Gasteiger partial charge in [-0.15, -0.1) is 11.6 Å². The molecule has 1 aliphatic rings. The van der Waals surface area contributed by atoms with E-state index in [-0.39, 0.29) is 19.1 Å². The first-order valence-corrected chi connectivity index (χ1v) is 10.2. The first kappa shape index (κ1) is 20.5. The fourth-order valence-electron chi connectivity index (χ4n) is 2.87. The summed E-state index contributed by atoms with van der Waals surface area (Å²) in [5.41, 5.74) is -0.480. The van der Waals surface area contributed by atoms with Crippen LogP contribution in [0.5, 0.6) is 0 Å². The summed E-state index contributed by atoms with van der Waals surface area (Å²) in [6.07, 6.45) is 2.78. The van der Waals surface area contributed by atoms with Crippen LogP contribution in [0.2, 0.25) is 5.02 Å². The summed E-state index contributed by atoms with van der Waals surface area (Å²) in [6, 6.07) is 7.36. The lowest BCUT2D eigenvalue weighted by molar-refractivity contribution is 0.00523. The van der Waals surface area contributed by atoms with Crippen molar-refractivity contribution in [3.05, 3.63) is 41.2 Å². The highest BCUT2D eigenvalue weighted by Crippen LogP contribution is 2.53. The highest BCUT2D eigenvalue weighted by Gasteiger charge is 2.58. The van der Waals surface area contributed by atoms with Gasteiger partial charge in [-0.25, -0.2) is 14.5 Å². The molecule has 1 unspecified atom stereocenters. The molecule has 0 radical (unpaired) electrons. The summed E-state index contributed by atoms with van der Waals surface area (Å²) >= 11 is 13.8. The van der Waals surface area contributed by atoms with Crippen LogP contribution in [0.15, 0.2) is 35.7 Å². The quantitative estimate of drug-likeness (QED) is 0.401. The van der Waals surface area contributed by atoms with E-state index in [1.807, 2.05) is 18.2 Å². The Bertz CT molecular complexity index is 826. The molecule has 1 aliphatic carbocycles. The number of rotatable bonds is 7. The van der Waals surface area contributed by atoms with Crippen molar-refractivity contribution in [3.8, 4) is 0 Å². The second kappa shape index (κ2) is 7.99. The van der Waals surface area contributed by atoms with E-state index in [9.17, 15) is 9.90 Å². The van der Waals surface area contributed by atoms with Gasteiger partial charge in [0.25, 0.3) is 0 Å². The molecule has 9 heteroatoms. The second-order valence-electron chi connectivity index (χ2n) is 6.98. The smallest absolute Gasteiger partial charge is 0.375 e. The van der Waals surface area contributed by atoms with Crippen LogP contribution >= 0.6 is 35.0 Å². The van der Waals surface area contributed by atoms with Crippen LogP contribution in [0.25, 0.3) is 0 Å². The van der Waals surface area contributed by atoms with Crippen molar-refractivity contribution in [1.29, 1.82) is 0 Å². The Kier molecular flexibility index (Phi) is 6.05. The highest BCUT2D eigenvalue weighted by molar-refractivity contribution is 8.13. The number of alkyl halides is 1. The standard InChI is InChI=1S/C18H21Cl2N3O3S/c1-12(2)26-16(24)27-15-21-11-22-23(15)10-18(25,17(20)7-8-17)9-13-5-3-4-6-14(13)19/h3-6,11-12,25H,7-10H2,1-2H3. The van der Waals surface area contributed by atoms with Gasteiger partial charge < -0.3 is 9.84 Å². The molecular weight excluding hydrogens is 409 g/mol. The minimum absolute atomic E-state index is 0.0962. The average molecular weight is 430 g/mol. The van der Waals surface area contributed by atoms with Crippen LogP contribution in [0.1, 0.15) is 32.3 Å². The van der Waals surface area contributed by atoms with Gasteiger partial charge >= 0.3 is 5.30 Å². The summed E-state index contributed by atoms with van der Waals surface area (Å²) in [4.78, 5) is 15.3. The van der Waals surface area contributed by atoms with E-state index in [4.69, 9.17) is 27.9 Å². The predicted molar refractivity (Wildman–Crippen MR) is 105 cm³/mol. The predicted octanol–water partition coefficient (Wildman–Crippen LogP) is 4.31. The van der Waals surface area contributed by atoms with Gasteiger partial charge in [0.1, 0.15) is 11.9 Å². The van der Waals surface area contributed by atoms with E-state index in [0.717, 1.165) is 17.3 Å². The summed E-state index contributed by atoms with van der Waals surface area (Å²) < 4.78 is 6.63. The number of hydrogen-bond donors (Lipinski definition) is 1. The van der Waals surface area contributed by atoms with Crippen LogP contribution in [0.4, 0.5) is 4.79 Å². The van der Waals surface area contributed by atoms with Gasteiger partial charge in [-0.2, -0.15) is 5.10 Å². The molecule has 1 fully saturated rings. The molecule has 1 saturated carbocycles. The summed E-state index contributed by atoms with van der Waals surface area (Å²) in [5, 5.41) is 16.1. The van der Waals surface area contributed by atoms with Crippen molar-refractivity contribution in [1.82, 2.24) is 14.8 Å². The Hall–Kier alpha value is -1.28. The van der Waals surface area contributed by atoms with Gasteiger partial charge in [-0.3, -0.25) is 0 Å². The summed E-state index contributed by atoms with van der Waals surface area (Å²) in [7, 11) is 0. The lowest BCUT2D eigenvalue weighted by atomic mass is 9.89. The highest BCUT2D eigenvalue weighted by atomic mass is 35.5. The monoisotopic (exact) mass is 429 g/mol. The molecule has 1 aromatic heterocycles. The molecule has 0 saturated heterocycles. The molecular formula is C18H21Cl2N3O3S. The zero-order valence-corrected chi connectivity index (χ0v) is 17.4. The van der Waals surface area contributed by atoms with Crippen molar-refractivity contribution >= 4 is 40.3 Å². The van der Waals surface area contributed by atoms with Gasteiger partial charge in [-0.1, -0.05) is 29.8 Å². The summed E-state index contributed by atoms with van der Waals surface area (Å²) in [5.74, 6) is 0. The fraction of sp³-hybridized carbons (Fsp3) is 0.500. The molecule has 3 rings (SSSR count). The van der Waals surface area contributed by atoms with Crippen molar-refractivity contribution in [3.63, 3.8) is 0 Å².